The van der Waals surface area contributed by atoms with Crippen molar-refractivity contribution < 1.29 is 17.6 Å². The third kappa shape index (κ3) is 5.93. The van der Waals surface area contributed by atoms with Crippen LogP contribution in [0.1, 0.15) is 66.7 Å². The maximum absolute atomic E-state index is 13.3. The summed E-state index contributed by atoms with van der Waals surface area (Å²) in [5.41, 5.74) is 2.07. The Morgan fingerprint density at radius 3 is 2.29 bits per heavy atom. The molecule has 1 N–H and O–H groups in total. The van der Waals surface area contributed by atoms with Crippen LogP contribution in [0.5, 0.6) is 0 Å². The van der Waals surface area contributed by atoms with E-state index in [1.807, 2.05) is 43.4 Å². The minimum Gasteiger partial charge on any atom is -0.432 e. The van der Waals surface area contributed by atoms with Crippen LogP contribution in [0, 0.1) is 11.3 Å². The van der Waals surface area contributed by atoms with Gasteiger partial charge in [-0.3, -0.25) is 0 Å². The van der Waals surface area contributed by atoms with Gasteiger partial charge in [0, 0.05) is 0 Å². The second kappa shape index (κ2) is 9.91. The molecule has 2 fully saturated rings. The minimum atomic E-state index is -3.52. The Labute approximate surface area is 236 Å². The summed E-state index contributed by atoms with van der Waals surface area (Å²) >= 11 is 1.25. The molecular weight excluding hydrogens is 547 g/mol. The SMILES string of the molecule is CC(C)(C[C@@H]1C/C(=C\CS(=O)(=O)c2nc3ccccc3s2)C[C@@H](O[Si](C)(C)C(C)(C)C)C12CC2)[Si](C)(C)O. The van der Waals surface area contributed by atoms with Crippen LogP contribution < -0.4 is 0 Å². The van der Waals surface area contributed by atoms with Crippen molar-refractivity contribution in [2.75, 3.05) is 5.75 Å². The van der Waals surface area contributed by atoms with Crippen LogP contribution >= 0.6 is 11.3 Å². The molecule has 0 amide bonds. The Morgan fingerprint density at radius 1 is 1.11 bits per heavy atom. The van der Waals surface area contributed by atoms with E-state index in [0.717, 1.165) is 42.3 Å². The summed E-state index contributed by atoms with van der Waals surface area (Å²) < 4.78 is 34.9. The van der Waals surface area contributed by atoms with Crippen molar-refractivity contribution in [2.45, 2.75) is 113 Å². The third-order valence-electron chi connectivity index (χ3n) is 10.0. The molecule has 2 aliphatic carbocycles. The zero-order valence-corrected chi connectivity index (χ0v) is 28.4. The number of rotatable bonds is 8. The average Bonchev–Trinajstić information content (AvgIpc) is 3.44. The Morgan fingerprint density at radius 2 is 1.74 bits per heavy atom. The van der Waals surface area contributed by atoms with E-state index in [2.05, 4.69) is 52.7 Å². The first kappa shape index (κ1) is 30.1. The normalized spacial score (nSPS) is 23.9. The molecule has 0 unspecified atom stereocenters. The number of thiazole rings is 1. The van der Waals surface area contributed by atoms with Crippen molar-refractivity contribution >= 4 is 48.0 Å². The quantitative estimate of drug-likeness (QED) is 0.248. The molecule has 0 bridgehead atoms. The fraction of sp³-hybridized carbons (Fsp3) is 0.690. The second-order valence-electron chi connectivity index (χ2n) is 14.4. The molecule has 38 heavy (non-hydrogen) atoms. The van der Waals surface area contributed by atoms with Gasteiger partial charge in [0.2, 0.25) is 14.2 Å². The van der Waals surface area contributed by atoms with E-state index >= 15 is 0 Å². The number of hydrogen-bond donors (Lipinski definition) is 1. The lowest BCUT2D eigenvalue weighted by molar-refractivity contribution is 0.0357. The lowest BCUT2D eigenvalue weighted by atomic mass is 9.69. The molecular formula is C29H47NO4S2Si2. The Hall–Kier alpha value is -0.846. The fourth-order valence-electron chi connectivity index (χ4n) is 5.46. The Kier molecular flexibility index (Phi) is 7.85. The highest BCUT2D eigenvalue weighted by Crippen LogP contribution is 2.65. The lowest BCUT2D eigenvalue weighted by Gasteiger charge is -2.49. The minimum absolute atomic E-state index is 0.0294. The topological polar surface area (TPSA) is 76.5 Å². The monoisotopic (exact) mass is 593 g/mol. The van der Waals surface area contributed by atoms with Gasteiger partial charge in [-0.1, -0.05) is 58.4 Å². The molecule has 1 heterocycles. The van der Waals surface area contributed by atoms with Crippen LogP contribution in [0.15, 0.2) is 40.3 Å². The summed E-state index contributed by atoms with van der Waals surface area (Å²) in [5, 5.41) is -0.0281. The molecule has 212 valence electrons. The zero-order valence-electron chi connectivity index (χ0n) is 24.7. The van der Waals surface area contributed by atoms with E-state index in [9.17, 15) is 13.2 Å². The highest BCUT2D eigenvalue weighted by molar-refractivity contribution is 7.93. The zero-order chi connectivity index (χ0) is 28.4. The van der Waals surface area contributed by atoms with Gasteiger partial charge in [0.25, 0.3) is 0 Å². The number of aromatic nitrogens is 1. The fourth-order valence-corrected chi connectivity index (χ4v) is 10.1. The molecule has 5 nitrogen and oxygen atoms in total. The van der Waals surface area contributed by atoms with Crippen LogP contribution in [-0.4, -0.2) is 46.7 Å². The van der Waals surface area contributed by atoms with E-state index in [1.54, 1.807) is 0 Å². The average molecular weight is 594 g/mol. The number of para-hydroxylation sites is 1. The van der Waals surface area contributed by atoms with E-state index < -0.39 is 26.5 Å². The van der Waals surface area contributed by atoms with Gasteiger partial charge in [0.1, 0.15) is 0 Å². The van der Waals surface area contributed by atoms with Gasteiger partial charge in [-0.15, -0.1) is 11.3 Å². The van der Waals surface area contributed by atoms with Crippen LogP contribution in [-0.2, 0) is 14.3 Å². The summed E-state index contributed by atoms with van der Waals surface area (Å²) in [7, 11) is -7.93. The van der Waals surface area contributed by atoms with Gasteiger partial charge >= 0.3 is 0 Å². The number of benzene rings is 1. The summed E-state index contributed by atoms with van der Waals surface area (Å²) in [6, 6.07) is 7.58. The molecule has 2 aliphatic rings. The van der Waals surface area contributed by atoms with Gasteiger partial charge in [0.05, 0.1) is 22.1 Å². The number of fused-ring (bicyclic) bond motifs is 1. The molecule has 1 aromatic heterocycles. The molecule has 1 aromatic carbocycles. The van der Waals surface area contributed by atoms with Gasteiger partial charge in [-0.2, -0.15) is 0 Å². The first-order valence-electron chi connectivity index (χ1n) is 13.9. The molecule has 4 rings (SSSR count). The van der Waals surface area contributed by atoms with Crippen molar-refractivity contribution in [3.05, 3.63) is 35.9 Å². The molecule has 2 atom stereocenters. The smallest absolute Gasteiger partial charge is 0.210 e. The van der Waals surface area contributed by atoms with Crippen molar-refractivity contribution in [3.63, 3.8) is 0 Å². The van der Waals surface area contributed by atoms with E-state index in [0.29, 0.717) is 5.92 Å². The van der Waals surface area contributed by atoms with Gasteiger partial charge in [-0.05, 0) is 91.8 Å². The van der Waals surface area contributed by atoms with E-state index in [1.165, 1.54) is 16.9 Å². The van der Waals surface area contributed by atoms with Crippen LogP contribution in [0.25, 0.3) is 10.2 Å². The Balaban J connectivity index is 1.64. The lowest BCUT2D eigenvalue weighted by Crippen LogP contribution is -2.50. The highest BCUT2D eigenvalue weighted by atomic mass is 32.2. The van der Waals surface area contributed by atoms with Crippen molar-refractivity contribution in [2.24, 2.45) is 11.3 Å². The summed E-state index contributed by atoms with van der Waals surface area (Å²) in [5.74, 6) is 0.356. The summed E-state index contributed by atoms with van der Waals surface area (Å²) in [6.45, 7) is 20.0. The van der Waals surface area contributed by atoms with Crippen LogP contribution in [0.2, 0.25) is 36.3 Å². The second-order valence-corrected chi connectivity index (χ2v) is 26.9. The van der Waals surface area contributed by atoms with Gasteiger partial charge < -0.3 is 9.22 Å². The highest BCUT2D eigenvalue weighted by Gasteiger charge is 2.60. The van der Waals surface area contributed by atoms with E-state index in [-0.39, 0.29) is 31.7 Å². The van der Waals surface area contributed by atoms with Crippen LogP contribution in [0.4, 0.5) is 0 Å². The Bertz CT molecular complexity index is 1240. The molecule has 0 radical (unpaired) electrons. The molecule has 9 heteroatoms. The van der Waals surface area contributed by atoms with Gasteiger partial charge in [-0.25, -0.2) is 13.4 Å². The van der Waals surface area contributed by atoms with Gasteiger partial charge in [0.15, 0.2) is 16.6 Å². The number of nitrogens with zero attached hydrogens (tertiary/aromatic N) is 1. The first-order valence-corrected chi connectivity index (χ1v) is 22.3. The maximum atomic E-state index is 13.3. The molecule has 1 spiro atoms. The third-order valence-corrected chi connectivity index (χ3v) is 21.1. The first-order chi connectivity index (χ1) is 17.3. The largest absolute Gasteiger partial charge is 0.432 e. The van der Waals surface area contributed by atoms with Crippen LogP contribution in [0.3, 0.4) is 0 Å². The van der Waals surface area contributed by atoms with Crippen molar-refractivity contribution in [1.82, 2.24) is 4.98 Å². The van der Waals surface area contributed by atoms with Crippen molar-refractivity contribution in [3.8, 4) is 0 Å². The standard InChI is InChI=1S/C29H47NO4S2Si2/c1-27(2,3)38(8,9)34-25-19-21(18-22(29(25)15-16-29)20-28(4,5)37(6,7)33)14-17-36(31,32)26-30-23-12-10-11-13-24(23)35-26/h10-14,22,25,33H,15-20H2,1-9H3/b21-14+/t22-,25+/m0/s1. The number of hydrogen-bond acceptors (Lipinski definition) is 6. The summed E-state index contributed by atoms with van der Waals surface area (Å²) in [6.07, 6.45) is 7.04. The van der Waals surface area contributed by atoms with E-state index in [4.69, 9.17) is 4.43 Å². The molecule has 0 aliphatic heterocycles. The molecule has 2 aromatic rings. The predicted octanol–water partition coefficient (Wildman–Crippen LogP) is 7.94. The molecule has 0 saturated heterocycles. The number of sulfone groups is 1. The maximum Gasteiger partial charge on any atom is 0.210 e. The summed E-state index contributed by atoms with van der Waals surface area (Å²) in [4.78, 5) is 15.5. The molecule has 2 saturated carbocycles. The van der Waals surface area contributed by atoms with Crippen molar-refractivity contribution in [1.29, 1.82) is 0 Å². The predicted molar refractivity (Wildman–Crippen MR) is 165 cm³/mol.